The van der Waals surface area contributed by atoms with Crippen LogP contribution in [0.5, 0.6) is 0 Å². The molecular weight excluding hydrogens is 317 g/mol. The molecule has 4 nitrogen and oxygen atoms in total. The Balaban J connectivity index is 2.92. The van der Waals surface area contributed by atoms with Crippen molar-refractivity contribution in [2.75, 3.05) is 17.3 Å². The lowest BCUT2D eigenvalue weighted by molar-refractivity contribution is -0.116. The Kier molecular flexibility index (Phi) is 5.91. The van der Waals surface area contributed by atoms with Gasteiger partial charge in [0.1, 0.15) is 5.78 Å². The fourth-order valence-corrected chi connectivity index (χ4v) is 7.37. The number of carbonyl (C=O) groups is 1. The Labute approximate surface area is 118 Å². The minimum Gasteiger partial charge on any atom is -0.299 e. The summed E-state index contributed by atoms with van der Waals surface area (Å²) in [6.45, 7) is 1.79. The highest BCUT2D eigenvalue weighted by Crippen LogP contribution is 2.56. The van der Waals surface area contributed by atoms with Crippen LogP contribution in [0.3, 0.4) is 0 Å². The van der Waals surface area contributed by atoms with Gasteiger partial charge in [-0.15, -0.1) is 10.3 Å². The van der Waals surface area contributed by atoms with Gasteiger partial charge in [-0.3, -0.25) is 4.79 Å². The molecule has 0 saturated carbocycles. The normalized spacial score (nSPS) is 21.4. The van der Waals surface area contributed by atoms with E-state index in [1.54, 1.807) is 6.92 Å². The molecule has 0 amide bonds. The molecular formula is C11H19F3O4S2. The predicted molar refractivity (Wildman–Crippen MR) is 72.0 cm³/mol. The summed E-state index contributed by atoms with van der Waals surface area (Å²) in [5.41, 5.74) is -5.43. The minimum absolute atomic E-state index is 0.184. The number of Topliss-reactive ketones (excluding diaryl/α,β-unsaturated/α-hetero) is 1. The third-order valence-corrected chi connectivity index (χ3v) is 8.35. The molecule has 0 spiro atoms. The van der Waals surface area contributed by atoms with Crippen LogP contribution >= 0.6 is 10.3 Å². The molecule has 1 saturated heterocycles. The van der Waals surface area contributed by atoms with Crippen molar-refractivity contribution in [1.29, 1.82) is 0 Å². The Morgan fingerprint density at radius 3 is 2.20 bits per heavy atom. The van der Waals surface area contributed by atoms with Gasteiger partial charge in [0.25, 0.3) is 0 Å². The highest BCUT2D eigenvalue weighted by molar-refractivity contribution is 8.33. The van der Waals surface area contributed by atoms with Crippen LogP contribution in [0.4, 0.5) is 13.2 Å². The van der Waals surface area contributed by atoms with E-state index in [9.17, 15) is 26.4 Å². The van der Waals surface area contributed by atoms with Crippen LogP contribution in [0.2, 0.25) is 0 Å². The number of alkyl halides is 3. The number of rotatable bonds is 6. The molecule has 0 aromatic heterocycles. The predicted octanol–water partition coefficient (Wildman–Crippen LogP) is 3.13. The second kappa shape index (κ2) is 6.65. The van der Waals surface area contributed by atoms with Crippen LogP contribution < -0.4 is 0 Å². The first kappa shape index (κ1) is 17.8. The first-order valence-electron chi connectivity index (χ1n) is 6.42. The summed E-state index contributed by atoms with van der Waals surface area (Å²) in [6.07, 6.45) is 2.85. The number of carbonyl (C=O) groups excluding carboxylic acids is 1. The van der Waals surface area contributed by atoms with Crippen molar-refractivity contribution < 1.29 is 30.0 Å². The van der Waals surface area contributed by atoms with Gasteiger partial charge in [0, 0.05) is 17.9 Å². The van der Waals surface area contributed by atoms with Crippen molar-refractivity contribution in [2.24, 2.45) is 0 Å². The first-order chi connectivity index (χ1) is 9.12. The molecule has 0 radical (unpaired) electrons. The van der Waals surface area contributed by atoms with Crippen molar-refractivity contribution in [3.63, 3.8) is 0 Å². The Morgan fingerprint density at radius 1 is 1.20 bits per heavy atom. The molecule has 9 heteroatoms. The van der Waals surface area contributed by atoms with Crippen LogP contribution in [0.1, 0.15) is 39.0 Å². The van der Waals surface area contributed by atoms with Crippen LogP contribution in [0.15, 0.2) is 0 Å². The standard InChI is InChI=1S/C11H19F3O4S2/c1-2-6-10(15)9-19(7-4-3-5-8-19)18-20(16,17)11(12,13)14/h2-9H2,1H3. The zero-order valence-electron chi connectivity index (χ0n) is 11.2. The highest BCUT2D eigenvalue weighted by atomic mass is 32.3. The molecule has 0 aromatic rings. The first-order valence-corrected chi connectivity index (χ1v) is 9.90. The second-order valence-corrected chi connectivity index (χ2v) is 9.79. The Bertz CT molecular complexity index is 439. The number of hydrogen-bond donors (Lipinski definition) is 0. The third kappa shape index (κ3) is 4.63. The smallest absolute Gasteiger partial charge is 0.299 e. The average molecular weight is 336 g/mol. The number of hydrogen-bond acceptors (Lipinski definition) is 4. The monoisotopic (exact) mass is 336 g/mol. The van der Waals surface area contributed by atoms with Crippen molar-refractivity contribution in [3.8, 4) is 0 Å². The molecule has 1 aliphatic rings. The molecule has 1 aliphatic heterocycles. The van der Waals surface area contributed by atoms with Gasteiger partial charge in [0.15, 0.2) is 0 Å². The molecule has 1 rings (SSSR count). The van der Waals surface area contributed by atoms with E-state index in [0.29, 0.717) is 19.3 Å². The van der Waals surface area contributed by atoms with Gasteiger partial charge in [-0.25, -0.2) is 3.63 Å². The molecule has 0 atom stereocenters. The second-order valence-electron chi connectivity index (χ2n) is 4.84. The summed E-state index contributed by atoms with van der Waals surface area (Å²) in [7, 11) is -8.15. The van der Waals surface area contributed by atoms with E-state index < -0.39 is 25.9 Å². The number of ketones is 1. The number of halogens is 3. The summed E-state index contributed by atoms with van der Waals surface area (Å²) in [6, 6.07) is 0. The molecule has 1 fully saturated rings. The van der Waals surface area contributed by atoms with E-state index in [1.807, 2.05) is 0 Å². The molecule has 1 heterocycles. The molecule has 0 bridgehead atoms. The SMILES string of the molecule is CCCC(=O)CS1(OS(=O)(=O)C(F)(F)F)CCCCC1. The molecule has 20 heavy (non-hydrogen) atoms. The van der Waals surface area contributed by atoms with E-state index in [-0.39, 0.29) is 29.5 Å². The lowest BCUT2D eigenvalue weighted by Gasteiger charge is -2.40. The van der Waals surface area contributed by atoms with Crippen molar-refractivity contribution >= 4 is 26.2 Å². The van der Waals surface area contributed by atoms with E-state index >= 15 is 0 Å². The van der Waals surface area contributed by atoms with Crippen LogP contribution in [0.25, 0.3) is 0 Å². The molecule has 0 aliphatic carbocycles. The van der Waals surface area contributed by atoms with Crippen LogP contribution in [-0.4, -0.2) is 37.0 Å². The van der Waals surface area contributed by atoms with Gasteiger partial charge in [0.2, 0.25) is 0 Å². The largest absolute Gasteiger partial charge is 0.523 e. The summed E-state index contributed by atoms with van der Waals surface area (Å²) in [4.78, 5) is 11.7. The van der Waals surface area contributed by atoms with Crippen LogP contribution in [-0.2, 0) is 18.5 Å². The van der Waals surface area contributed by atoms with E-state index in [4.69, 9.17) is 0 Å². The van der Waals surface area contributed by atoms with Gasteiger partial charge in [-0.1, -0.05) is 13.3 Å². The highest BCUT2D eigenvalue weighted by Gasteiger charge is 2.51. The molecule has 0 aromatic carbocycles. The zero-order chi connectivity index (χ0) is 15.4. The molecule has 0 N–H and O–H groups in total. The molecule has 120 valence electrons. The fraction of sp³-hybridized carbons (Fsp3) is 0.909. The Hall–Kier alpha value is -0.280. The lowest BCUT2D eigenvalue weighted by Crippen LogP contribution is -2.32. The topological polar surface area (TPSA) is 60.4 Å². The Morgan fingerprint density at radius 2 is 1.75 bits per heavy atom. The summed E-state index contributed by atoms with van der Waals surface area (Å²) >= 11 is 0. The average Bonchev–Trinajstić information content (AvgIpc) is 2.27. The summed E-state index contributed by atoms with van der Waals surface area (Å²) in [5.74, 6) is 0.0906. The van der Waals surface area contributed by atoms with Gasteiger partial charge < -0.3 is 0 Å². The van der Waals surface area contributed by atoms with Crippen molar-refractivity contribution in [1.82, 2.24) is 0 Å². The maximum atomic E-state index is 12.5. The van der Waals surface area contributed by atoms with Crippen molar-refractivity contribution in [3.05, 3.63) is 0 Å². The third-order valence-electron chi connectivity index (χ3n) is 3.00. The van der Waals surface area contributed by atoms with E-state index in [1.165, 1.54) is 0 Å². The van der Waals surface area contributed by atoms with Crippen LogP contribution in [0, 0.1) is 0 Å². The zero-order valence-corrected chi connectivity index (χ0v) is 12.9. The fourth-order valence-electron chi connectivity index (χ4n) is 2.12. The van der Waals surface area contributed by atoms with Gasteiger partial charge in [0.05, 0.1) is 5.75 Å². The van der Waals surface area contributed by atoms with E-state index in [0.717, 1.165) is 6.42 Å². The summed E-state index contributed by atoms with van der Waals surface area (Å²) in [5, 5.41) is 0. The molecule has 0 unspecified atom stereocenters. The van der Waals surface area contributed by atoms with Crippen molar-refractivity contribution in [2.45, 2.75) is 44.5 Å². The maximum Gasteiger partial charge on any atom is 0.523 e. The van der Waals surface area contributed by atoms with Gasteiger partial charge in [-0.2, -0.15) is 21.6 Å². The van der Waals surface area contributed by atoms with Gasteiger partial charge >= 0.3 is 15.6 Å². The summed E-state index contributed by atoms with van der Waals surface area (Å²) < 4.78 is 64.4. The quantitative estimate of drug-likeness (QED) is 0.699. The lowest BCUT2D eigenvalue weighted by atomic mass is 10.2. The van der Waals surface area contributed by atoms with E-state index in [2.05, 4.69) is 3.63 Å². The minimum atomic E-state index is -5.63. The maximum absolute atomic E-state index is 12.5. The van der Waals surface area contributed by atoms with Gasteiger partial charge in [-0.05, 0) is 19.3 Å².